The van der Waals surface area contributed by atoms with Gasteiger partial charge < -0.3 is 29.5 Å². The van der Waals surface area contributed by atoms with Crippen molar-refractivity contribution in [3.63, 3.8) is 0 Å². The van der Waals surface area contributed by atoms with Crippen molar-refractivity contribution >= 4 is 111 Å². The summed E-state index contributed by atoms with van der Waals surface area (Å²) in [5, 5.41) is 7.22. The molecule has 0 amide bonds. The highest BCUT2D eigenvalue weighted by molar-refractivity contribution is 8.13. The number of methoxy groups -OCH3 is 2. The molecule has 4 aromatic carbocycles. The number of ether oxygens (including phenoxy) is 2. The number of benzene rings is 4. The number of hydrogen-bond acceptors (Lipinski definition) is 10. The minimum atomic E-state index is -3.42. The molecule has 2 aliphatic heterocycles. The summed E-state index contributed by atoms with van der Waals surface area (Å²) in [6, 6.07) is 25.8. The number of nitrogens with zero attached hydrogens (tertiary/aromatic N) is 4. The van der Waals surface area contributed by atoms with E-state index in [-0.39, 0.29) is 24.7 Å². The van der Waals surface area contributed by atoms with Gasteiger partial charge in [0.25, 0.3) is 0 Å². The van der Waals surface area contributed by atoms with Gasteiger partial charge in [-0.05, 0) is 91.4 Å². The van der Waals surface area contributed by atoms with Crippen LogP contribution in [-0.2, 0) is 28.5 Å². The first-order chi connectivity index (χ1) is 30.2. The summed E-state index contributed by atoms with van der Waals surface area (Å²) in [5.74, 6) is 0. The summed E-state index contributed by atoms with van der Waals surface area (Å²) in [6.45, 7) is 13.5. The minimum Gasteiger partial charge on any atom is -0.383 e. The third-order valence-corrected chi connectivity index (χ3v) is 13.3. The van der Waals surface area contributed by atoms with E-state index >= 15 is 0 Å². The van der Waals surface area contributed by atoms with Gasteiger partial charge in [0.2, 0.25) is 19.1 Å². The SMILES string of the molecule is CCN(CC)CC.COC[C@@H]1[C@H](c2ccc(Cl)cc2)N(c2ccc(Cl)cc2Cl)CCN1S(C)(=O)=O.COC[C@H]1NCCN(c2ccc(Cl)cc2Cl)[C@H]1c1ccc(Cl)cc1.CS(=O)(=O)Cl. The van der Waals surface area contributed by atoms with Crippen molar-refractivity contribution in [2.45, 2.75) is 44.9 Å². The number of sulfonamides is 1. The van der Waals surface area contributed by atoms with Crippen LogP contribution in [0.2, 0.25) is 30.1 Å². The normalized spacial score (nSPS) is 19.2. The van der Waals surface area contributed by atoms with Crippen LogP contribution >= 0.6 is 80.3 Å². The van der Waals surface area contributed by atoms with Crippen molar-refractivity contribution in [2.24, 2.45) is 0 Å². The zero-order valence-corrected chi connectivity index (χ0v) is 43.9. The average molecular weight is 1070 g/mol. The van der Waals surface area contributed by atoms with E-state index in [1.807, 2.05) is 42.5 Å². The molecule has 4 aromatic rings. The Morgan fingerprint density at radius 3 is 1.39 bits per heavy atom. The predicted molar refractivity (Wildman–Crippen MR) is 271 cm³/mol. The monoisotopic (exact) mass is 1060 g/mol. The molecule has 0 bridgehead atoms. The number of piperazine rings is 2. The Labute approximate surface area is 415 Å². The molecule has 0 unspecified atom stereocenters. The highest BCUT2D eigenvalue weighted by atomic mass is 35.7. The molecule has 4 atom stereocenters. The fourth-order valence-corrected chi connectivity index (χ4v) is 9.94. The topological polar surface area (TPSA) is 112 Å². The van der Waals surface area contributed by atoms with Gasteiger partial charge in [-0.25, -0.2) is 16.8 Å². The molecular weight excluding hydrogens is 1010 g/mol. The van der Waals surface area contributed by atoms with E-state index in [4.69, 9.17) is 79.1 Å². The van der Waals surface area contributed by atoms with Gasteiger partial charge in [-0.15, -0.1) is 0 Å². The zero-order valence-electron chi connectivity index (χ0n) is 37.0. The van der Waals surface area contributed by atoms with Crippen LogP contribution < -0.4 is 15.1 Å². The Balaban J connectivity index is 0.000000273. The molecule has 0 spiro atoms. The maximum atomic E-state index is 12.4. The van der Waals surface area contributed by atoms with E-state index in [0.717, 1.165) is 41.3 Å². The van der Waals surface area contributed by atoms with Crippen LogP contribution in [0.15, 0.2) is 84.9 Å². The largest absolute Gasteiger partial charge is 0.383 e. The summed E-state index contributed by atoms with van der Waals surface area (Å²) in [6.07, 6.45) is 2.15. The molecule has 2 fully saturated rings. The molecule has 356 valence electrons. The standard InChI is InChI=1S/C19H21Cl3N2O3S.C18H19Cl3N2O.C6H15N.CH3ClO2S/c1-27-12-18-19(13-3-5-14(20)6-4-13)23(9-10-24(18)28(2,25)26)17-8-7-15(21)11-16(17)22;1-24-11-16-18(12-2-4-13(19)5-3-12)23(9-8-22-16)17-7-6-14(20)10-15(17)21;1-4-7(5-2)6-3;1-5(2,3)4/h3-8,11,18-19H,9-10,12H2,1-2H3;2-7,10,16,18,22H,8-9,11H2,1H3;4-6H2,1-3H3;1H3/t18-,19+;16-,18+;;/m11../s1. The van der Waals surface area contributed by atoms with E-state index in [0.29, 0.717) is 44.8 Å². The Morgan fingerprint density at radius 2 is 1.02 bits per heavy atom. The van der Waals surface area contributed by atoms with Crippen LogP contribution in [0.3, 0.4) is 0 Å². The van der Waals surface area contributed by atoms with Crippen LogP contribution in [0.4, 0.5) is 11.4 Å². The Hall–Kier alpha value is -1.79. The summed E-state index contributed by atoms with van der Waals surface area (Å²) in [7, 11) is 1.17. The third-order valence-electron chi connectivity index (χ3n) is 10.4. The lowest BCUT2D eigenvalue weighted by atomic mass is 9.95. The number of halogens is 7. The maximum Gasteiger partial charge on any atom is 0.229 e. The number of rotatable bonds is 12. The van der Waals surface area contributed by atoms with Gasteiger partial charge in [0.1, 0.15) is 0 Å². The smallest absolute Gasteiger partial charge is 0.229 e. The van der Waals surface area contributed by atoms with Crippen molar-refractivity contribution in [1.29, 1.82) is 0 Å². The number of anilines is 2. The van der Waals surface area contributed by atoms with Crippen LogP contribution in [-0.4, -0.2) is 124 Å². The summed E-state index contributed by atoms with van der Waals surface area (Å²) >= 11 is 37.2. The molecular formula is C44H58Cl7N5O6S2. The van der Waals surface area contributed by atoms with Gasteiger partial charge in [-0.3, -0.25) is 0 Å². The Kier molecular flexibility index (Phi) is 24.1. The van der Waals surface area contributed by atoms with E-state index in [1.54, 1.807) is 44.6 Å². The summed E-state index contributed by atoms with van der Waals surface area (Å²) in [5.41, 5.74) is 3.86. The van der Waals surface area contributed by atoms with Crippen LogP contribution in [0.25, 0.3) is 0 Å². The number of nitrogens with one attached hydrogen (secondary N) is 1. The Morgan fingerprint density at radius 1 is 0.609 bits per heavy atom. The predicted octanol–water partition coefficient (Wildman–Crippen LogP) is 10.8. The molecule has 64 heavy (non-hydrogen) atoms. The fraction of sp³-hybridized carbons (Fsp3) is 0.455. The Bertz CT molecular complexity index is 2250. The molecule has 0 saturated carbocycles. The molecule has 6 rings (SSSR count). The first-order valence-corrected chi connectivity index (χ1v) is 27.2. The lowest BCUT2D eigenvalue weighted by molar-refractivity contribution is 0.104. The first-order valence-electron chi connectivity index (χ1n) is 20.4. The van der Waals surface area contributed by atoms with Crippen LogP contribution in [0, 0.1) is 0 Å². The van der Waals surface area contributed by atoms with Crippen molar-refractivity contribution in [3.8, 4) is 0 Å². The molecule has 20 heteroatoms. The van der Waals surface area contributed by atoms with Crippen LogP contribution in [0.5, 0.6) is 0 Å². The molecule has 0 radical (unpaired) electrons. The molecule has 2 heterocycles. The van der Waals surface area contributed by atoms with Gasteiger partial charge in [0.15, 0.2) is 0 Å². The van der Waals surface area contributed by atoms with Gasteiger partial charge in [0, 0.05) is 71.2 Å². The maximum absolute atomic E-state index is 12.4. The van der Waals surface area contributed by atoms with Gasteiger partial charge in [0.05, 0.1) is 71.3 Å². The second-order valence-corrected chi connectivity index (χ2v) is 22.3. The van der Waals surface area contributed by atoms with Crippen molar-refractivity contribution in [3.05, 3.63) is 126 Å². The minimum absolute atomic E-state index is 0.0923. The molecule has 2 saturated heterocycles. The van der Waals surface area contributed by atoms with Crippen LogP contribution in [0.1, 0.15) is 44.0 Å². The van der Waals surface area contributed by atoms with E-state index in [2.05, 4.69) is 63.6 Å². The lowest BCUT2D eigenvalue weighted by Crippen LogP contribution is -2.58. The highest BCUT2D eigenvalue weighted by Gasteiger charge is 2.42. The molecule has 1 N–H and O–H groups in total. The second-order valence-electron chi connectivity index (χ2n) is 14.8. The van der Waals surface area contributed by atoms with Gasteiger partial charge in [-0.1, -0.05) is 115 Å². The van der Waals surface area contributed by atoms with Gasteiger partial charge in [-0.2, -0.15) is 4.31 Å². The van der Waals surface area contributed by atoms with Gasteiger partial charge >= 0.3 is 0 Å². The quantitative estimate of drug-likeness (QED) is 0.138. The highest BCUT2D eigenvalue weighted by Crippen LogP contribution is 2.41. The molecule has 0 aliphatic carbocycles. The first kappa shape index (κ1) is 56.5. The number of hydrogen-bond donors (Lipinski definition) is 1. The molecule has 2 aliphatic rings. The van der Waals surface area contributed by atoms with Crippen molar-refractivity contribution < 1.29 is 26.3 Å². The molecule has 11 nitrogen and oxygen atoms in total. The summed E-state index contributed by atoms with van der Waals surface area (Å²) in [4.78, 5) is 6.79. The van der Waals surface area contributed by atoms with Crippen molar-refractivity contribution in [1.82, 2.24) is 14.5 Å². The second kappa shape index (κ2) is 27.3. The van der Waals surface area contributed by atoms with E-state index in [9.17, 15) is 16.8 Å². The van der Waals surface area contributed by atoms with Crippen molar-refractivity contribution in [2.75, 3.05) is 95.6 Å². The average Bonchev–Trinajstić information content (AvgIpc) is 3.22. The van der Waals surface area contributed by atoms with E-state index < -0.39 is 25.1 Å². The fourth-order valence-electron chi connectivity index (χ4n) is 7.58. The zero-order chi connectivity index (χ0) is 47.8. The van der Waals surface area contributed by atoms with E-state index in [1.165, 1.54) is 35.8 Å². The molecule has 0 aromatic heterocycles. The summed E-state index contributed by atoms with van der Waals surface area (Å²) < 4.78 is 56.0. The third kappa shape index (κ3) is 17.7. The lowest BCUT2D eigenvalue weighted by Gasteiger charge is -2.47.